The minimum atomic E-state index is -1.33. The molecule has 3 amide bonds. The summed E-state index contributed by atoms with van der Waals surface area (Å²) in [6.07, 6.45) is -0.342. The van der Waals surface area contributed by atoms with Crippen LogP contribution < -0.4 is 10.6 Å². The molecule has 4 N–H and O–H groups in total. The molecule has 0 aromatic heterocycles. The maximum absolute atomic E-state index is 14.8. The van der Waals surface area contributed by atoms with E-state index in [1.807, 2.05) is 20.8 Å². The Morgan fingerprint density at radius 1 is 0.911 bits per heavy atom. The van der Waals surface area contributed by atoms with Gasteiger partial charge in [0, 0.05) is 17.5 Å². The number of halogens is 1. The molecule has 0 saturated carbocycles. The second-order valence-electron chi connectivity index (χ2n) is 12.8. The molecule has 3 rings (SSSR count). The van der Waals surface area contributed by atoms with Crippen LogP contribution in [0.2, 0.25) is 5.02 Å². The van der Waals surface area contributed by atoms with E-state index in [9.17, 15) is 24.6 Å². The predicted octanol–water partition coefficient (Wildman–Crippen LogP) is 7.20. The van der Waals surface area contributed by atoms with Crippen molar-refractivity contribution >= 4 is 35.2 Å². The molecule has 2 atom stereocenters. The summed E-state index contributed by atoms with van der Waals surface area (Å²) in [6.45, 7) is 14.2. The molecule has 0 bridgehead atoms. The Balaban J connectivity index is 2.22. The number of nitrogens with one attached hydrogen (secondary N) is 2. The van der Waals surface area contributed by atoms with Gasteiger partial charge in [0.1, 0.15) is 29.2 Å². The number of carbonyl (C=O) groups excluding carboxylic acids is 3. The topological polar surface area (TPSA) is 128 Å². The molecule has 10 heteroatoms. The largest absolute Gasteiger partial charge is 0.508 e. The molecular formula is C35H44ClN3O6. The van der Waals surface area contributed by atoms with E-state index in [0.29, 0.717) is 33.8 Å². The van der Waals surface area contributed by atoms with Gasteiger partial charge in [0.15, 0.2) is 0 Å². The summed E-state index contributed by atoms with van der Waals surface area (Å²) in [5, 5.41) is 27.1. The van der Waals surface area contributed by atoms with E-state index in [0.717, 1.165) is 0 Å². The molecule has 0 fully saturated rings. The molecule has 3 aromatic rings. The molecule has 2 unspecified atom stereocenters. The van der Waals surface area contributed by atoms with Crippen molar-refractivity contribution in [2.75, 3.05) is 5.32 Å². The summed E-state index contributed by atoms with van der Waals surface area (Å²) in [4.78, 5) is 43.7. The van der Waals surface area contributed by atoms with Crippen LogP contribution in [0.25, 0.3) is 0 Å². The fourth-order valence-corrected chi connectivity index (χ4v) is 5.18. The van der Waals surface area contributed by atoms with Gasteiger partial charge < -0.3 is 30.5 Å². The first-order valence-corrected chi connectivity index (χ1v) is 15.3. The number of phenols is 2. The number of nitrogens with zero attached hydrogens (tertiary/aromatic N) is 1. The first kappa shape index (κ1) is 35.2. The summed E-state index contributed by atoms with van der Waals surface area (Å²) in [5.74, 6) is -1.24. The number of benzene rings is 3. The van der Waals surface area contributed by atoms with Crippen LogP contribution in [-0.4, -0.2) is 50.2 Å². The molecule has 0 spiro atoms. The highest BCUT2D eigenvalue weighted by Gasteiger charge is 2.44. The van der Waals surface area contributed by atoms with Gasteiger partial charge >= 0.3 is 6.09 Å². The number of aromatic hydroxyl groups is 2. The van der Waals surface area contributed by atoms with Gasteiger partial charge in [-0.25, -0.2) is 4.79 Å². The lowest BCUT2D eigenvalue weighted by atomic mass is 9.90. The fourth-order valence-electron chi connectivity index (χ4n) is 4.91. The summed E-state index contributed by atoms with van der Waals surface area (Å²) in [6, 6.07) is 14.0. The Bertz CT molecular complexity index is 1510. The van der Waals surface area contributed by atoms with Gasteiger partial charge in [-0.15, -0.1) is 0 Å². The number of hydrogen-bond acceptors (Lipinski definition) is 6. The summed E-state index contributed by atoms with van der Waals surface area (Å²) in [7, 11) is 0. The summed E-state index contributed by atoms with van der Waals surface area (Å²) < 4.78 is 5.50. The van der Waals surface area contributed by atoms with Crippen LogP contribution in [0.15, 0.2) is 60.7 Å². The lowest BCUT2D eigenvalue weighted by Gasteiger charge is -2.44. The number of aryl methyl sites for hydroxylation is 2. The van der Waals surface area contributed by atoms with Gasteiger partial charge in [-0.05, 0) is 89.8 Å². The molecule has 45 heavy (non-hydrogen) atoms. The fraction of sp³-hybridized carbons (Fsp3) is 0.400. The first-order chi connectivity index (χ1) is 20.9. The van der Waals surface area contributed by atoms with Crippen LogP contribution in [0.5, 0.6) is 11.5 Å². The van der Waals surface area contributed by atoms with E-state index < -0.39 is 41.1 Å². The number of anilines is 1. The van der Waals surface area contributed by atoms with E-state index in [1.165, 1.54) is 17.0 Å². The maximum Gasteiger partial charge on any atom is 0.408 e. The third-order valence-electron chi connectivity index (χ3n) is 7.66. The lowest BCUT2D eigenvalue weighted by Crippen LogP contribution is -2.59. The number of ether oxygens (including phenoxy) is 1. The Kier molecular flexibility index (Phi) is 11.2. The SMILES string of the molecule is CCC(C)(C)N(C(=O)C(Cc1ccc(O)cc1)NC(=O)OC(C)(C)C)C(C(=O)Nc1c(C)cccc1Cl)c1cccc(C)c1O. The molecule has 0 aliphatic rings. The Hall–Kier alpha value is -4.24. The number of phenolic OH excluding ortho intramolecular Hbond substituents is 2. The highest BCUT2D eigenvalue weighted by molar-refractivity contribution is 6.34. The molecule has 0 saturated heterocycles. The molecule has 9 nitrogen and oxygen atoms in total. The lowest BCUT2D eigenvalue weighted by molar-refractivity contribution is -0.147. The summed E-state index contributed by atoms with van der Waals surface area (Å²) >= 11 is 6.48. The van der Waals surface area contributed by atoms with E-state index in [1.54, 1.807) is 83.1 Å². The number of amides is 3. The molecular weight excluding hydrogens is 594 g/mol. The number of para-hydroxylation sites is 2. The number of carbonyl (C=O) groups is 3. The third-order valence-corrected chi connectivity index (χ3v) is 7.98. The van der Waals surface area contributed by atoms with Crippen molar-refractivity contribution in [1.29, 1.82) is 0 Å². The zero-order valence-corrected chi connectivity index (χ0v) is 28.0. The van der Waals surface area contributed by atoms with Crippen LogP contribution in [-0.2, 0) is 20.7 Å². The minimum absolute atomic E-state index is 0.0341. The van der Waals surface area contributed by atoms with Gasteiger partial charge in [-0.3, -0.25) is 9.59 Å². The third kappa shape index (κ3) is 8.91. The van der Waals surface area contributed by atoms with Crippen molar-refractivity contribution in [1.82, 2.24) is 10.2 Å². The maximum atomic E-state index is 14.8. The van der Waals surface area contributed by atoms with E-state index >= 15 is 0 Å². The monoisotopic (exact) mass is 637 g/mol. The van der Waals surface area contributed by atoms with Crippen molar-refractivity contribution in [2.24, 2.45) is 0 Å². The van der Waals surface area contributed by atoms with Crippen LogP contribution in [0, 0.1) is 13.8 Å². The van der Waals surface area contributed by atoms with Gasteiger partial charge in [0.2, 0.25) is 5.91 Å². The van der Waals surface area contributed by atoms with Crippen LogP contribution in [0.3, 0.4) is 0 Å². The van der Waals surface area contributed by atoms with Crippen molar-refractivity contribution < 1.29 is 29.3 Å². The number of rotatable bonds is 10. The highest BCUT2D eigenvalue weighted by atomic mass is 35.5. The van der Waals surface area contributed by atoms with Gasteiger partial charge in [-0.1, -0.05) is 61.0 Å². The second kappa shape index (κ2) is 14.2. The van der Waals surface area contributed by atoms with Crippen molar-refractivity contribution in [3.05, 3.63) is 87.9 Å². The molecule has 0 radical (unpaired) electrons. The minimum Gasteiger partial charge on any atom is -0.508 e. The van der Waals surface area contributed by atoms with E-state index in [4.69, 9.17) is 16.3 Å². The van der Waals surface area contributed by atoms with Crippen molar-refractivity contribution in [3.8, 4) is 11.5 Å². The quantitative estimate of drug-likeness (QED) is 0.186. The van der Waals surface area contributed by atoms with E-state index in [2.05, 4.69) is 10.6 Å². The van der Waals surface area contributed by atoms with Gasteiger partial charge in [-0.2, -0.15) is 0 Å². The van der Waals surface area contributed by atoms with Gasteiger partial charge in [0.25, 0.3) is 5.91 Å². The predicted molar refractivity (Wildman–Crippen MR) is 177 cm³/mol. The average molecular weight is 638 g/mol. The molecule has 0 aliphatic heterocycles. The van der Waals surface area contributed by atoms with Crippen molar-refractivity contribution in [3.63, 3.8) is 0 Å². The Morgan fingerprint density at radius 2 is 1.51 bits per heavy atom. The van der Waals surface area contributed by atoms with Crippen molar-refractivity contribution in [2.45, 2.75) is 91.5 Å². The zero-order chi connectivity index (χ0) is 33.7. The van der Waals surface area contributed by atoms with E-state index in [-0.39, 0.29) is 23.5 Å². The average Bonchev–Trinajstić information content (AvgIpc) is 2.94. The van der Waals surface area contributed by atoms with Crippen LogP contribution >= 0.6 is 11.6 Å². The Labute approximate surface area is 270 Å². The molecule has 3 aromatic carbocycles. The van der Waals surface area contributed by atoms with Gasteiger partial charge in [0.05, 0.1) is 10.7 Å². The normalized spacial score (nSPS) is 13.0. The number of hydrogen-bond donors (Lipinski definition) is 4. The first-order valence-electron chi connectivity index (χ1n) is 14.9. The van der Waals surface area contributed by atoms with Crippen LogP contribution in [0.4, 0.5) is 10.5 Å². The summed E-state index contributed by atoms with van der Waals surface area (Å²) in [5.41, 5.74) is 0.709. The standard InChI is InChI=1S/C35H44ClN3O6/c1-9-35(7,8)39(32(43)27(37-33(44)45-34(4,5)6)20-23-16-18-24(40)19-17-23)29(25-14-10-13-22(3)30(25)41)31(42)38-28-21(2)12-11-15-26(28)36/h10-19,27,29,40-41H,9,20H2,1-8H3,(H,37,44)(H,38,42). The molecule has 0 aliphatic carbocycles. The highest BCUT2D eigenvalue weighted by Crippen LogP contribution is 2.39. The number of alkyl carbamates (subject to hydrolysis) is 1. The van der Waals surface area contributed by atoms with Crippen LogP contribution in [0.1, 0.15) is 76.3 Å². The smallest absolute Gasteiger partial charge is 0.408 e. The zero-order valence-electron chi connectivity index (χ0n) is 27.2. The Morgan fingerprint density at radius 3 is 2.09 bits per heavy atom. The molecule has 0 heterocycles. The second-order valence-corrected chi connectivity index (χ2v) is 13.2. The molecule has 242 valence electrons.